The van der Waals surface area contributed by atoms with Gasteiger partial charge in [-0.1, -0.05) is 13.3 Å². The molecule has 0 spiro atoms. The maximum absolute atomic E-state index is 12.8. The van der Waals surface area contributed by atoms with Gasteiger partial charge in [0, 0.05) is 18.5 Å². The van der Waals surface area contributed by atoms with Gasteiger partial charge in [-0.15, -0.1) is 0 Å². The summed E-state index contributed by atoms with van der Waals surface area (Å²) in [6.45, 7) is 2.76. The van der Waals surface area contributed by atoms with E-state index in [1.165, 1.54) is 30.5 Å². The maximum Gasteiger partial charge on any atom is 0.240 e. The van der Waals surface area contributed by atoms with Crippen molar-refractivity contribution in [1.82, 2.24) is 5.43 Å². The van der Waals surface area contributed by atoms with Crippen LogP contribution in [0.1, 0.15) is 38.2 Å². The predicted molar refractivity (Wildman–Crippen MR) is 115 cm³/mol. The van der Waals surface area contributed by atoms with Crippen LogP contribution in [0.4, 0.5) is 10.1 Å². The lowest BCUT2D eigenvalue weighted by Crippen LogP contribution is -2.20. The largest absolute Gasteiger partial charge is 0.492 e. The molecular weight excluding hydrogens is 441 g/mol. The first-order valence-electron chi connectivity index (χ1n) is 9.27. The van der Waals surface area contributed by atoms with E-state index in [1.54, 1.807) is 0 Å². The minimum absolute atomic E-state index is 0.00588. The fraction of sp³-hybridized carbons (Fsp3) is 0.286. The highest BCUT2D eigenvalue weighted by Gasteiger charge is 2.07. The van der Waals surface area contributed by atoms with Crippen molar-refractivity contribution in [1.29, 1.82) is 0 Å². The Morgan fingerprint density at radius 3 is 2.55 bits per heavy atom. The molecule has 8 heteroatoms. The topological polar surface area (TPSA) is 79.8 Å². The van der Waals surface area contributed by atoms with Gasteiger partial charge in [-0.3, -0.25) is 9.59 Å². The number of ether oxygens (including phenoxy) is 1. The highest BCUT2D eigenvalue weighted by molar-refractivity contribution is 9.10. The van der Waals surface area contributed by atoms with Crippen molar-refractivity contribution >= 4 is 39.6 Å². The lowest BCUT2D eigenvalue weighted by molar-refractivity contribution is -0.124. The van der Waals surface area contributed by atoms with Gasteiger partial charge >= 0.3 is 0 Å². The molecule has 2 aromatic carbocycles. The third kappa shape index (κ3) is 8.43. The number of hydrogen-bond acceptors (Lipinski definition) is 4. The molecule has 2 amide bonds. The van der Waals surface area contributed by atoms with Gasteiger partial charge in [0.1, 0.15) is 11.6 Å². The Balaban J connectivity index is 1.73. The molecule has 0 atom stereocenters. The maximum atomic E-state index is 12.8. The van der Waals surface area contributed by atoms with E-state index in [4.69, 9.17) is 4.74 Å². The van der Waals surface area contributed by atoms with Crippen LogP contribution in [0.3, 0.4) is 0 Å². The zero-order valence-electron chi connectivity index (χ0n) is 16.1. The highest BCUT2D eigenvalue weighted by atomic mass is 79.9. The van der Waals surface area contributed by atoms with Crippen LogP contribution in [-0.2, 0) is 9.59 Å². The second-order valence-electron chi connectivity index (χ2n) is 6.24. The number of rotatable bonds is 10. The van der Waals surface area contributed by atoms with Crippen molar-refractivity contribution in [3.63, 3.8) is 0 Å². The van der Waals surface area contributed by atoms with Gasteiger partial charge < -0.3 is 10.1 Å². The summed E-state index contributed by atoms with van der Waals surface area (Å²) < 4.78 is 19.3. The summed E-state index contributed by atoms with van der Waals surface area (Å²) in [5, 5.41) is 6.49. The summed E-state index contributed by atoms with van der Waals surface area (Å²) in [5.41, 5.74) is 3.65. The average Bonchev–Trinajstić information content (AvgIpc) is 2.70. The number of unbranched alkanes of at least 4 members (excludes halogenated alkanes) is 1. The smallest absolute Gasteiger partial charge is 0.240 e. The first-order valence-corrected chi connectivity index (χ1v) is 10.1. The van der Waals surface area contributed by atoms with Gasteiger partial charge in [0.2, 0.25) is 11.8 Å². The van der Waals surface area contributed by atoms with Crippen molar-refractivity contribution in [2.45, 2.75) is 32.6 Å². The Morgan fingerprint density at radius 1 is 1.14 bits per heavy atom. The van der Waals surface area contributed by atoms with Crippen LogP contribution >= 0.6 is 15.9 Å². The number of amides is 2. The Morgan fingerprint density at radius 2 is 1.86 bits per heavy atom. The van der Waals surface area contributed by atoms with Crippen LogP contribution in [0.25, 0.3) is 0 Å². The van der Waals surface area contributed by atoms with Gasteiger partial charge in [-0.25, -0.2) is 9.82 Å². The first-order chi connectivity index (χ1) is 14.0. The van der Waals surface area contributed by atoms with E-state index in [0.717, 1.165) is 28.6 Å². The number of hydrogen-bond donors (Lipinski definition) is 2. The molecule has 0 aliphatic heterocycles. The molecular formula is C21H23BrFN3O3. The van der Waals surface area contributed by atoms with Crippen LogP contribution in [-0.4, -0.2) is 24.6 Å². The van der Waals surface area contributed by atoms with Gasteiger partial charge in [0.05, 0.1) is 17.3 Å². The summed E-state index contributed by atoms with van der Waals surface area (Å²) >= 11 is 3.45. The SMILES string of the molecule is CCCCOc1ccc(C=NNC(=O)CCC(=O)Nc2ccc(F)cc2)cc1Br. The quantitative estimate of drug-likeness (QED) is 0.306. The van der Waals surface area contributed by atoms with Crippen LogP contribution in [0.2, 0.25) is 0 Å². The van der Waals surface area contributed by atoms with Crippen molar-refractivity contribution in [2.24, 2.45) is 5.10 Å². The molecule has 154 valence electrons. The Labute approximate surface area is 177 Å². The van der Waals surface area contributed by atoms with Crippen molar-refractivity contribution in [3.8, 4) is 5.75 Å². The summed E-state index contributed by atoms with van der Waals surface area (Å²) in [6, 6.07) is 10.9. The van der Waals surface area contributed by atoms with E-state index >= 15 is 0 Å². The third-order valence-corrected chi connectivity index (χ3v) is 4.44. The molecule has 0 bridgehead atoms. The van der Waals surface area contributed by atoms with Crippen molar-refractivity contribution < 1.29 is 18.7 Å². The molecule has 6 nitrogen and oxygen atoms in total. The number of halogens is 2. The molecule has 0 heterocycles. The number of carbonyl (C=O) groups excluding carboxylic acids is 2. The molecule has 0 aliphatic carbocycles. The standard InChI is InChI=1S/C21H23BrFN3O3/c1-2-3-12-29-19-9-4-15(13-18(19)22)14-24-26-21(28)11-10-20(27)25-17-7-5-16(23)6-8-17/h4-9,13-14H,2-3,10-12H2,1H3,(H,25,27)(H,26,28). The average molecular weight is 464 g/mol. The molecule has 0 aliphatic rings. The number of hydrazone groups is 1. The second-order valence-corrected chi connectivity index (χ2v) is 7.09. The molecule has 2 aromatic rings. The van der Waals surface area contributed by atoms with E-state index in [-0.39, 0.29) is 30.5 Å². The normalized spacial score (nSPS) is 10.7. The Kier molecular flexibility index (Phi) is 9.30. The Hall–Kier alpha value is -2.74. The van der Waals surface area contributed by atoms with Crippen LogP contribution < -0.4 is 15.5 Å². The van der Waals surface area contributed by atoms with Gasteiger partial charge in [-0.2, -0.15) is 5.10 Å². The minimum atomic E-state index is -0.383. The summed E-state index contributed by atoms with van der Waals surface area (Å²) in [6.07, 6.45) is 3.54. The fourth-order valence-electron chi connectivity index (χ4n) is 2.26. The van der Waals surface area contributed by atoms with E-state index in [1.807, 2.05) is 18.2 Å². The van der Waals surface area contributed by atoms with E-state index in [0.29, 0.717) is 12.3 Å². The summed E-state index contributed by atoms with van der Waals surface area (Å²) in [5.74, 6) is -0.342. The van der Waals surface area contributed by atoms with Gasteiger partial charge in [0.15, 0.2) is 0 Å². The molecule has 0 aromatic heterocycles. The Bertz CT molecular complexity index is 857. The number of nitrogens with one attached hydrogen (secondary N) is 2. The molecule has 2 N–H and O–H groups in total. The zero-order valence-corrected chi connectivity index (χ0v) is 17.7. The van der Waals surface area contributed by atoms with E-state index in [9.17, 15) is 14.0 Å². The number of nitrogens with zero attached hydrogens (tertiary/aromatic N) is 1. The predicted octanol–water partition coefficient (Wildman–Crippen LogP) is 4.64. The summed E-state index contributed by atoms with van der Waals surface area (Å²) in [7, 11) is 0. The zero-order chi connectivity index (χ0) is 21.1. The second kappa shape index (κ2) is 12.0. The first kappa shape index (κ1) is 22.5. The highest BCUT2D eigenvalue weighted by Crippen LogP contribution is 2.25. The molecule has 0 saturated carbocycles. The monoisotopic (exact) mass is 463 g/mol. The van der Waals surface area contributed by atoms with Crippen LogP contribution in [0.15, 0.2) is 52.0 Å². The van der Waals surface area contributed by atoms with Gasteiger partial charge in [0.25, 0.3) is 0 Å². The number of anilines is 1. The third-order valence-electron chi connectivity index (χ3n) is 3.82. The number of benzene rings is 2. The molecule has 0 fully saturated rings. The summed E-state index contributed by atoms with van der Waals surface area (Å²) in [4.78, 5) is 23.6. The van der Waals surface area contributed by atoms with Crippen molar-refractivity contribution in [2.75, 3.05) is 11.9 Å². The fourth-order valence-corrected chi connectivity index (χ4v) is 2.77. The van der Waals surface area contributed by atoms with Gasteiger partial charge in [-0.05, 0) is 70.4 Å². The van der Waals surface area contributed by atoms with Crippen molar-refractivity contribution in [3.05, 3.63) is 58.3 Å². The van der Waals surface area contributed by atoms with Crippen LogP contribution in [0.5, 0.6) is 5.75 Å². The molecule has 0 unspecified atom stereocenters. The van der Waals surface area contributed by atoms with E-state index < -0.39 is 0 Å². The molecule has 0 saturated heterocycles. The molecule has 0 radical (unpaired) electrons. The molecule has 2 rings (SSSR count). The lowest BCUT2D eigenvalue weighted by atomic mass is 10.2. The molecule has 29 heavy (non-hydrogen) atoms. The minimum Gasteiger partial charge on any atom is -0.492 e. The lowest BCUT2D eigenvalue weighted by Gasteiger charge is -2.08. The number of carbonyl (C=O) groups is 2. The van der Waals surface area contributed by atoms with E-state index in [2.05, 4.69) is 38.7 Å². The van der Waals surface area contributed by atoms with Crippen LogP contribution in [0, 0.1) is 5.82 Å².